The van der Waals surface area contributed by atoms with Crippen LogP contribution in [0.2, 0.25) is 0 Å². The second kappa shape index (κ2) is 4.44. The first-order valence-corrected chi connectivity index (χ1v) is 5.90. The SMILES string of the molecule is Cc1ncoc1C(=O)N1CC(n2cc(C(=O)O)nn2)C1. The highest BCUT2D eigenvalue weighted by Crippen LogP contribution is 2.23. The number of nitrogens with zero attached hydrogens (tertiary/aromatic N) is 5. The van der Waals surface area contributed by atoms with Crippen LogP contribution in [0.5, 0.6) is 0 Å². The number of rotatable bonds is 3. The van der Waals surface area contributed by atoms with E-state index in [1.165, 1.54) is 17.3 Å². The Kier molecular flexibility index (Phi) is 2.74. The van der Waals surface area contributed by atoms with Crippen molar-refractivity contribution in [1.82, 2.24) is 24.9 Å². The summed E-state index contributed by atoms with van der Waals surface area (Å²) in [5.41, 5.74) is 0.438. The molecule has 1 aliphatic heterocycles. The van der Waals surface area contributed by atoms with Gasteiger partial charge in [-0.25, -0.2) is 14.5 Å². The molecule has 9 heteroatoms. The van der Waals surface area contributed by atoms with E-state index in [1.807, 2.05) is 0 Å². The van der Waals surface area contributed by atoms with Crippen molar-refractivity contribution in [3.8, 4) is 0 Å². The lowest BCUT2D eigenvalue weighted by Gasteiger charge is -2.38. The fraction of sp³-hybridized carbons (Fsp3) is 0.364. The fourth-order valence-corrected chi connectivity index (χ4v) is 1.99. The number of carboxylic acid groups (broad SMARTS) is 1. The minimum Gasteiger partial charge on any atom is -0.476 e. The molecule has 0 unspecified atom stereocenters. The molecule has 1 aliphatic rings. The Morgan fingerprint density at radius 2 is 2.20 bits per heavy atom. The molecule has 2 aromatic rings. The maximum absolute atomic E-state index is 12.1. The van der Waals surface area contributed by atoms with Crippen molar-refractivity contribution in [3.63, 3.8) is 0 Å². The molecule has 20 heavy (non-hydrogen) atoms. The van der Waals surface area contributed by atoms with Crippen LogP contribution in [-0.4, -0.2) is 55.0 Å². The van der Waals surface area contributed by atoms with Gasteiger partial charge in [0.25, 0.3) is 5.91 Å². The maximum Gasteiger partial charge on any atom is 0.358 e. The van der Waals surface area contributed by atoms with E-state index in [0.717, 1.165) is 0 Å². The Balaban J connectivity index is 1.65. The van der Waals surface area contributed by atoms with Crippen LogP contribution in [0.4, 0.5) is 0 Å². The summed E-state index contributed by atoms with van der Waals surface area (Å²) in [6.07, 6.45) is 2.59. The van der Waals surface area contributed by atoms with Gasteiger partial charge in [-0.05, 0) is 6.92 Å². The summed E-state index contributed by atoms with van der Waals surface area (Å²) in [6, 6.07) is -0.0669. The Morgan fingerprint density at radius 1 is 1.45 bits per heavy atom. The number of aromatic carboxylic acids is 1. The monoisotopic (exact) mass is 277 g/mol. The third-order valence-electron chi connectivity index (χ3n) is 3.19. The van der Waals surface area contributed by atoms with Crippen LogP contribution in [0.15, 0.2) is 17.0 Å². The van der Waals surface area contributed by atoms with Crippen LogP contribution < -0.4 is 0 Å². The first-order chi connectivity index (χ1) is 9.56. The van der Waals surface area contributed by atoms with E-state index in [1.54, 1.807) is 11.8 Å². The molecule has 0 aromatic carbocycles. The summed E-state index contributed by atoms with van der Waals surface area (Å²) in [6.45, 7) is 2.56. The Morgan fingerprint density at radius 3 is 2.75 bits per heavy atom. The quantitative estimate of drug-likeness (QED) is 0.837. The molecule has 3 heterocycles. The van der Waals surface area contributed by atoms with Crippen molar-refractivity contribution in [2.45, 2.75) is 13.0 Å². The Labute approximate surface area is 112 Å². The highest BCUT2D eigenvalue weighted by Gasteiger charge is 2.35. The molecule has 1 fully saturated rings. The van der Waals surface area contributed by atoms with E-state index in [-0.39, 0.29) is 23.4 Å². The van der Waals surface area contributed by atoms with E-state index in [9.17, 15) is 9.59 Å². The van der Waals surface area contributed by atoms with Gasteiger partial charge < -0.3 is 14.4 Å². The predicted molar refractivity (Wildman–Crippen MR) is 63.2 cm³/mol. The molecule has 1 saturated heterocycles. The molecule has 0 bridgehead atoms. The average molecular weight is 277 g/mol. The summed E-state index contributed by atoms with van der Waals surface area (Å²) in [5.74, 6) is -1.12. The largest absolute Gasteiger partial charge is 0.476 e. The number of aryl methyl sites for hydroxylation is 1. The molecule has 0 saturated carbocycles. The predicted octanol–water partition coefficient (Wildman–Crippen LogP) is -0.0302. The molecule has 1 N–H and O–H groups in total. The third kappa shape index (κ3) is 1.92. The molecule has 3 rings (SSSR count). The van der Waals surface area contributed by atoms with Crippen molar-refractivity contribution in [3.05, 3.63) is 29.7 Å². The van der Waals surface area contributed by atoms with E-state index in [0.29, 0.717) is 18.8 Å². The van der Waals surface area contributed by atoms with Gasteiger partial charge in [0.1, 0.15) is 0 Å². The zero-order valence-corrected chi connectivity index (χ0v) is 10.6. The summed E-state index contributed by atoms with van der Waals surface area (Å²) < 4.78 is 6.50. The van der Waals surface area contributed by atoms with Gasteiger partial charge in [0.15, 0.2) is 12.1 Å². The first-order valence-electron chi connectivity index (χ1n) is 5.90. The lowest BCUT2D eigenvalue weighted by molar-refractivity contribution is 0.0465. The average Bonchev–Trinajstić information content (AvgIpc) is 2.95. The normalized spacial score (nSPS) is 15.2. The standard InChI is InChI=1S/C11H11N5O4/c1-6-9(20-5-12-6)10(17)15-2-7(3-15)16-4-8(11(18)19)13-14-16/h4-5,7H,2-3H2,1H3,(H,18,19). The Hall–Kier alpha value is -2.71. The molecule has 2 aromatic heterocycles. The van der Waals surface area contributed by atoms with Crippen molar-refractivity contribution in [1.29, 1.82) is 0 Å². The van der Waals surface area contributed by atoms with E-state index in [2.05, 4.69) is 15.3 Å². The van der Waals surface area contributed by atoms with E-state index in [4.69, 9.17) is 9.52 Å². The molecular weight excluding hydrogens is 266 g/mol. The lowest BCUT2D eigenvalue weighted by atomic mass is 10.1. The lowest BCUT2D eigenvalue weighted by Crippen LogP contribution is -2.51. The number of oxazole rings is 1. The molecule has 0 aliphatic carbocycles. The van der Waals surface area contributed by atoms with Gasteiger partial charge in [-0.2, -0.15) is 0 Å². The van der Waals surface area contributed by atoms with Crippen LogP contribution in [0, 0.1) is 6.92 Å². The molecule has 1 amide bonds. The van der Waals surface area contributed by atoms with Gasteiger partial charge >= 0.3 is 5.97 Å². The van der Waals surface area contributed by atoms with Gasteiger partial charge in [-0.1, -0.05) is 5.21 Å². The number of carboxylic acids is 1. The van der Waals surface area contributed by atoms with Crippen LogP contribution in [0.1, 0.15) is 32.8 Å². The number of hydrogen-bond acceptors (Lipinski definition) is 6. The van der Waals surface area contributed by atoms with Crippen molar-refractivity contribution in [2.75, 3.05) is 13.1 Å². The highest BCUT2D eigenvalue weighted by molar-refractivity contribution is 5.93. The number of amides is 1. The number of carbonyl (C=O) groups excluding carboxylic acids is 1. The summed E-state index contributed by atoms with van der Waals surface area (Å²) >= 11 is 0. The molecule has 0 radical (unpaired) electrons. The second-order valence-corrected chi connectivity index (χ2v) is 4.52. The molecule has 0 spiro atoms. The van der Waals surface area contributed by atoms with Crippen molar-refractivity contribution >= 4 is 11.9 Å². The van der Waals surface area contributed by atoms with Crippen LogP contribution in [-0.2, 0) is 0 Å². The Bertz CT molecular complexity index is 670. The second-order valence-electron chi connectivity index (χ2n) is 4.52. The number of aromatic nitrogens is 4. The van der Waals surface area contributed by atoms with E-state index >= 15 is 0 Å². The third-order valence-corrected chi connectivity index (χ3v) is 3.19. The summed E-state index contributed by atoms with van der Waals surface area (Å²) in [4.78, 5) is 28.2. The van der Waals surface area contributed by atoms with Crippen LogP contribution in [0.25, 0.3) is 0 Å². The van der Waals surface area contributed by atoms with Gasteiger partial charge in [0, 0.05) is 13.1 Å². The van der Waals surface area contributed by atoms with Gasteiger partial charge in [-0.3, -0.25) is 4.79 Å². The zero-order chi connectivity index (χ0) is 14.3. The highest BCUT2D eigenvalue weighted by atomic mass is 16.4. The molecular formula is C11H11N5O4. The molecule has 0 atom stereocenters. The minimum absolute atomic E-state index is 0.0669. The number of carbonyl (C=O) groups is 2. The number of hydrogen-bond donors (Lipinski definition) is 1. The van der Waals surface area contributed by atoms with E-state index < -0.39 is 5.97 Å². The maximum atomic E-state index is 12.1. The van der Waals surface area contributed by atoms with Gasteiger partial charge in [0.05, 0.1) is 17.9 Å². The van der Waals surface area contributed by atoms with Crippen LogP contribution >= 0.6 is 0 Å². The molecule has 104 valence electrons. The number of likely N-dealkylation sites (tertiary alicyclic amines) is 1. The topological polar surface area (TPSA) is 114 Å². The smallest absolute Gasteiger partial charge is 0.358 e. The summed E-state index contributed by atoms with van der Waals surface area (Å²) in [5, 5.41) is 16.0. The summed E-state index contributed by atoms with van der Waals surface area (Å²) in [7, 11) is 0. The van der Waals surface area contributed by atoms with Crippen LogP contribution in [0.3, 0.4) is 0 Å². The molecule has 9 nitrogen and oxygen atoms in total. The van der Waals surface area contributed by atoms with Crippen molar-refractivity contribution < 1.29 is 19.1 Å². The minimum atomic E-state index is -1.12. The first kappa shape index (κ1) is 12.3. The zero-order valence-electron chi connectivity index (χ0n) is 10.6. The fourth-order valence-electron chi connectivity index (χ4n) is 1.99. The van der Waals surface area contributed by atoms with Gasteiger partial charge in [0.2, 0.25) is 5.76 Å². The van der Waals surface area contributed by atoms with Gasteiger partial charge in [-0.15, -0.1) is 5.10 Å². The van der Waals surface area contributed by atoms with Crippen molar-refractivity contribution in [2.24, 2.45) is 0 Å².